The van der Waals surface area contributed by atoms with Gasteiger partial charge in [-0.2, -0.15) is 0 Å². The number of methoxy groups -OCH3 is 1. The maximum Gasteiger partial charge on any atom is 0.127 e. The summed E-state index contributed by atoms with van der Waals surface area (Å²) in [5, 5.41) is 10.1. The fourth-order valence-electron chi connectivity index (χ4n) is 2.10. The topological polar surface area (TPSA) is 55.5 Å². The predicted octanol–water partition coefficient (Wildman–Crippen LogP) is 3.15. The molecule has 1 unspecified atom stereocenters. The molecule has 0 aliphatic rings. The first-order chi connectivity index (χ1) is 8.12. The number of nitrogens with two attached hydrogens (primary N) is 1. The number of rotatable bonds is 3. The first-order valence-electron chi connectivity index (χ1n) is 5.94. The molecule has 1 aromatic carbocycles. The number of hydrogen-bond acceptors (Lipinski definition) is 3. The van der Waals surface area contributed by atoms with E-state index in [9.17, 15) is 5.11 Å². The normalized spacial score (nSPS) is 13.6. The van der Waals surface area contributed by atoms with Gasteiger partial charge in [-0.1, -0.05) is 15.9 Å². The molecule has 0 aromatic heterocycles. The Morgan fingerprint density at radius 1 is 1.17 bits per heavy atom. The Hall–Kier alpha value is -0.580. The van der Waals surface area contributed by atoms with E-state index in [0.717, 1.165) is 32.5 Å². The highest BCUT2D eigenvalue weighted by Gasteiger charge is 2.30. The van der Waals surface area contributed by atoms with E-state index in [4.69, 9.17) is 10.5 Å². The van der Waals surface area contributed by atoms with Crippen LogP contribution in [0.4, 0.5) is 0 Å². The zero-order chi connectivity index (χ0) is 14.2. The Morgan fingerprint density at radius 3 is 2.06 bits per heavy atom. The van der Waals surface area contributed by atoms with Gasteiger partial charge in [0.1, 0.15) is 5.75 Å². The van der Waals surface area contributed by atoms with Gasteiger partial charge in [0.25, 0.3) is 0 Å². The van der Waals surface area contributed by atoms with Crippen molar-refractivity contribution in [3.05, 3.63) is 26.7 Å². The first-order valence-corrected chi connectivity index (χ1v) is 6.73. The van der Waals surface area contributed by atoms with E-state index < -0.39 is 11.6 Å². The third-order valence-corrected chi connectivity index (χ3v) is 4.68. The van der Waals surface area contributed by atoms with Gasteiger partial charge in [-0.25, -0.2) is 0 Å². The van der Waals surface area contributed by atoms with Crippen LogP contribution in [0.15, 0.2) is 4.47 Å². The Kier molecular flexibility index (Phi) is 4.47. The van der Waals surface area contributed by atoms with Gasteiger partial charge in [-0.05, 0) is 51.3 Å². The number of benzene rings is 1. The molecule has 0 fully saturated rings. The first kappa shape index (κ1) is 15.5. The molecule has 3 N–H and O–H groups in total. The molecule has 1 atom stereocenters. The van der Waals surface area contributed by atoms with Crippen LogP contribution in [0, 0.1) is 20.8 Å². The maximum atomic E-state index is 10.1. The van der Waals surface area contributed by atoms with Crippen molar-refractivity contribution >= 4 is 15.9 Å². The van der Waals surface area contributed by atoms with Gasteiger partial charge in [-0.15, -0.1) is 0 Å². The van der Waals surface area contributed by atoms with Gasteiger partial charge in [0.2, 0.25) is 0 Å². The monoisotopic (exact) mass is 315 g/mol. The van der Waals surface area contributed by atoms with Gasteiger partial charge < -0.3 is 15.6 Å². The van der Waals surface area contributed by atoms with Gasteiger partial charge in [0.05, 0.1) is 18.8 Å². The summed E-state index contributed by atoms with van der Waals surface area (Å²) in [5.74, 6) is 0.767. The molecule has 0 aliphatic heterocycles. The highest BCUT2D eigenvalue weighted by Crippen LogP contribution is 2.41. The standard InChI is InChI=1S/C14H22BrNO2/c1-7-8(2)12(18-6)10(9(3)11(7)15)13(16)14(4,5)17/h13,17H,16H2,1-6H3. The zero-order valence-corrected chi connectivity index (χ0v) is 13.5. The fraction of sp³-hybridized carbons (Fsp3) is 0.571. The highest BCUT2D eigenvalue weighted by molar-refractivity contribution is 9.10. The second-order valence-corrected chi connectivity index (χ2v) is 6.06. The molecule has 18 heavy (non-hydrogen) atoms. The molecule has 0 aliphatic carbocycles. The summed E-state index contributed by atoms with van der Waals surface area (Å²) < 4.78 is 6.52. The molecule has 0 bridgehead atoms. The smallest absolute Gasteiger partial charge is 0.127 e. The van der Waals surface area contributed by atoms with E-state index in [2.05, 4.69) is 15.9 Å². The quantitative estimate of drug-likeness (QED) is 0.901. The minimum Gasteiger partial charge on any atom is -0.496 e. The molecule has 1 rings (SSSR count). The summed E-state index contributed by atoms with van der Waals surface area (Å²) in [6, 6.07) is -0.497. The van der Waals surface area contributed by atoms with Crippen molar-refractivity contribution in [3.63, 3.8) is 0 Å². The van der Waals surface area contributed by atoms with Crippen LogP contribution in [0.2, 0.25) is 0 Å². The summed E-state index contributed by atoms with van der Waals surface area (Å²) in [6.45, 7) is 9.44. The van der Waals surface area contributed by atoms with Crippen LogP contribution < -0.4 is 10.5 Å². The van der Waals surface area contributed by atoms with E-state index in [1.165, 1.54) is 0 Å². The summed E-state index contributed by atoms with van der Waals surface area (Å²) in [6.07, 6.45) is 0. The Morgan fingerprint density at radius 2 is 1.67 bits per heavy atom. The number of aliphatic hydroxyl groups is 1. The molecule has 3 nitrogen and oxygen atoms in total. The molecule has 0 amide bonds. The van der Waals surface area contributed by atoms with Crippen molar-refractivity contribution in [2.24, 2.45) is 5.73 Å². The molecular weight excluding hydrogens is 294 g/mol. The Bertz CT molecular complexity index is 464. The number of halogens is 1. The van der Waals surface area contributed by atoms with Crippen LogP contribution >= 0.6 is 15.9 Å². The molecular formula is C14H22BrNO2. The predicted molar refractivity (Wildman–Crippen MR) is 78.1 cm³/mol. The van der Waals surface area contributed by atoms with Crippen molar-refractivity contribution in [3.8, 4) is 5.75 Å². The van der Waals surface area contributed by atoms with E-state index in [-0.39, 0.29) is 0 Å². The number of hydrogen-bond donors (Lipinski definition) is 2. The average molecular weight is 316 g/mol. The maximum absolute atomic E-state index is 10.1. The molecule has 0 spiro atoms. The van der Waals surface area contributed by atoms with E-state index >= 15 is 0 Å². The van der Waals surface area contributed by atoms with Crippen LogP contribution in [0.1, 0.15) is 42.1 Å². The van der Waals surface area contributed by atoms with Gasteiger partial charge >= 0.3 is 0 Å². The van der Waals surface area contributed by atoms with Crippen molar-refractivity contribution in [2.75, 3.05) is 7.11 Å². The van der Waals surface area contributed by atoms with E-state index in [1.807, 2.05) is 20.8 Å². The lowest BCUT2D eigenvalue weighted by atomic mass is 9.86. The Balaban J connectivity index is 3.62. The molecule has 4 heteroatoms. The van der Waals surface area contributed by atoms with Gasteiger partial charge in [0.15, 0.2) is 0 Å². The van der Waals surface area contributed by atoms with Crippen LogP contribution in [-0.2, 0) is 0 Å². The molecule has 102 valence electrons. The largest absolute Gasteiger partial charge is 0.496 e. The minimum absolute atomic E-state index is 0.497. The van der Waals surface area contributed by atoms with Gasteiger partial charge in [-0.3, -0.25) is 0 Å². The van der Waals surface area contributed by atoms with Crippen molar-refractivity contribution < 1.29 is 9.84 Å². The average Bonchev–Trinajstić information content (AvgIpc) is 2.28. The lowest BCUT2D eigenvalue weighted by Crippen LogP contribution is -2.36. The van der Waals surface area contributed by atoms with Crippen LogP contribution in [0.25, 0.3) is 0 Å². The molecule has 0 saturated carbocycles. The fourth-order valence-corrected chi connectivity index (χ4v) is 2.61. The van der Waals surface area contributed by atoms with Gasteiger partial charge in [0, 0.05) is 10.0 Å². The summed E-state index contributed by atoms with van der Waals surface area (Å²) in [5.41, 5.74) is 9.25. The van der Waals surface area contributed by atoms with Crippen LogP contribution in [-0.4, -0.2) is 17.8 Å². The summed E-state index contributed by atoms with van der Waals surface area (Å²) in [7, 11) is 1.63. The van der Waals surface area contributed by atoms with Crippen LogP contribution in [0.5, 0.6) is 5.75 Å². The highest BCUT2D eigenvalue weighted by atomic mass is 79.9. The van der Waals surface area contributed by atoms with Crippen LogP contribution in [0.3, 0.4) is 0 Å². The SMILES string of the molecule is COc1c(C)c(C)c(Br)c(C)c1C(N)C(C)(C)O. The summed E-state index contributed by atoms with van der Waals surface area (Å²) >= 11 is 3.59. The lowest BCUT2D eigenvalue weighted by molar-refractivity contribution is 0.0506. The molecule has 0 heterocycles. The second kappa shape index (κ2) is 5.19. The zero-order valence-electron chi connectivity index (χ0n) is 11.9. The van der Waals surface area contributed by atoms with E-state index in [1.54, 1.807) is 21.0 Å². The third kappa shape index (κ3) is 2.56. The lowest BCUT2D eigenvalue weighted by Gasteiger charge is -2.30. The van der Waals surface area contributed by atoms with Crippen molar-refractivity contribution in [2.45, 2.75) is 46.3 Å². The van der Waals surface area contributed by atoms with Crippen molar-refractivity contribution in [1.29, 1.82) is 0 Å². The molecule has 0 saturated heterocycles. The minimum atomic E-state index is -1.00. The van der Waals surface area contributed by atoms with Crippen molar-refractivity contribution in [1.82, 2.24) is 0 Å². The molecule has 1 aromatic rings. The number of ether oxygens (including phenoxy) is 1. The molecule has 0 radical (unpaired) electrons. The van der Waals surface area contributed by atoms with E-state index in [0.29, 0.717) is 0 Å². The summed E-state index contributed by atoms with van der Waals surface area (Å²) in [4.78, 5) is 0. The Labute approximate surface area is 117 Å². The third-order valence-electron chi connectivity index (χ3n) is 3.49. The second-order valence-electron chi connectivity index (χ2n) is 5.27.